The van der Waals surface area contributed by atoms with Gasteiger partial charge in [0, 0.05) is 14.1 Å². The third kappa shape index (κ3) is 4.60. The Morgan fingerprint density at radius 2 is 2.44 bits per heavy atom. The number of nitrogens with one attached hydrogen (secondary N) is 2. The summed E-state index contributed by atoms with van der Waals surface area (Å²) in [6.45, 7) is 0. The summed E-state index contributed by atoms with van der Waals surface area (Å²) in [6, 6.07) is 0. The van der Waals surface area contributed by atoms with Crippen LogP contribution in [0.15, 0.2) is 4.99 Å². The van der Waals surface area contributed by atoms with Crippen LogP contribution in [0.5, 0.6) is 0 Å². The molecular formula is C4H9N3O2. The molecule has 5 nitrogen and oxygen atoms in total. The van der Waals surface area contributed by atoms with Crippen LogP contribution in [0.4, 0.5) is 4.79 Å². The van der Waals surface area contributed by atoms with Crippen molar-refractivity contribution < 1.29 is 9.63 Å². The van der Waals surface area contributed by atoms with Crippen LogP contribution < -0.4 is 10.8 Å². The van der Waals surface area contributed by atoms with Crippen molar-refractivity contribution in [2.24, 2.45) is 4.99 Å². The largest absolute Gasteiger partial charge is 0.431 e. The fourth-order valence-corrected chi connectivity index (χ4v) is 0.184. The van der Waals surface area contributed by atoms with E-state index in [1.807, 2.05) is 0 Å². The lowest BCUT2D eigenvalue weighted by atomic mass is 11.1. The molecule has 0 spiro atoms. The molecule has 0 aromatic heterocycles. The Morgan fingerprint density at radius 3 is 2.89 bits per heavy atom. The fourth-order valence-electron chi connectivity index (χ4n) is 0.184. The highest BCUT2D eigenvalue weighted by atomic mass is 16.7. The van der Waals surface area contributed by atoms with E-state index in [0.717, 1.165) is 0 Å². The van der Waals surface area contributed by atoms with Crippen LogP contribution in [0, 0.1) is 0 Å². The molecule has 0 aromatic carbocycles. The molecular weight excluding hydrogens is 122 g/mol. The molecule has 9 heavy (non-hydrogen) atoms. The SMILES string of the molecule is CN=CNOC(=O)NC. The van der Waals surface area contributed by atoms with E-state index in [0.29, 0.717) is 0 Å². The van der Waals surface area contributed by atoms with Crippen LogP contribution in [0.1, 0.15) is 0 Å². The minimum Gasteiger partial charge on any atom is -0.323 e. The van der Waals surface area contributed by atoms with Crippen molar-refractivity contribution in [2.45, 2.75) is 0 Å². The molecule has 0 unspecified atom stereocenters. The topological polar surface area (TPSA) is 62.7 Å². The number of hydrogen-bond acceptors (Lipinski definition) is 3. The smallest absolute Gasteiger partial charge is 0.323 e. The highest BCUT2D eigenvalue weighted by Crippen LogP contribution is 1.64. The van der Waals surface area contributed by atoms with E-state index in [1.165, 1.54) is 13.4 Å². The number of rotatable bonds is 2. The molecule has 0 aliphatic rings. The predicted molar refractivity (Wildman–Crippen MR) is 33.1 cm³/mol. The van der Waals surface area contributed by atoms with Gasteiger partial charge in [0.05, 0.1) is 0 Å². The number of aliphatic imine (C=N–C) groups is 1. The van der Waals surface area contributed by atoms with Gasteiger partial charge in [-0.2, -0.15) is 0 Å². The molecule has 5 heteroatoms. The molecule has 0 atom stereocenters. The third-order valence-corrected chi connectivity index (χ3v) is 0.538. The summed E-state index contributed by atoms with van der Waals surface area (Å²) in [7, 11) is 3.02. The van der Waals surface area contributed by atoms with Gasteiger partial charge in [0.1, 0.15) is 6.34 Å². The Labute approximate surface area is 53.1 Å². The Balaban J connectivity index is 3.17. The van der Waals surface area contributed by atoms with Crippen LogP contribution in [0.25, 0.3) is 0 Å². The van der Waals surface area contributed by atoms with Gasteiger partial charge in [0.15, 0.2) is 0 Å². The summed E-state index contributed by atoms with van der Waals surface area (Å²) in [5.74, 6) is 0. The van der Waals surface area contributed by atoms with E-state index in [2.05, 4.69) is 20.6 Å². The Bertz CT molecular complexity index is 112. The zero-order valence-corrected chi connectivity index (χ0v) is 5.34. The average molecular weight is 131 g/mol. The standard InChI is InChI=1S/C4H9N3O2/c1-5-3-7-9-4(8)6-2/h3H,1-2H3,(H,5,7)(H,6,8). The molecule has 1 amide bonds. The van der Waals surface area contributed by atoms with Gasteiger partial charge in [-0.3, -0.25) is 4.99 Å². The van der Waals surface area contributed by atoms with Gasteiger partial charge in [0.2, 0.25) is 0 Å². The molecule has 0 aliphatic carbocycles. The maximum Gasteiger partial charge on any atom is 0.431 e. The van der Waals surface area contributed by atoms with Gasteiger partial charge in [-0.15, -0.1) is 0 Å². The number of amides is 1. The van der Waals surface area contributed by atoms with Gasteiger partial charge in [-0.05, 0) is 0 Å². The Morgan fingerprint density at radius 1 is 1.78 bits per heavy atom. The maximum atomic E-state index is 10.2. The summed E-state index contributed by atoms with van der Waals surface area (Å²) in [6.07, 6.45) is 0.713. The van der Waals surface area contributed by atoms with Crippen LogP contribution in [0.3, 0.4) is 0 Å². The lowest BCUT2D eigenvalue weighted by Crippen LogP contribution is -2.26. The van der Waals surface area contributed by atoms with E-state index in [4.69, 9.17) is 0 Å². The molecule has 0 aliphatic heterocycles. The molecule has 52 valence electrons. The first-order valence-corrected chi connectivity index (χ1v) is 2.36. The van der Waals surface area contributed by atoms with E-state index in [-0.39, 0.29) is 0 Å². The first-order chi connectivity index (χ1) is 4.31. The second-order valence-electron chi connectivity index (χ2n) is 1.14. The first kappa shape index (κ1) is 7.74. The van der Waals surface area contributed by atoms with Crippen molar-refractivity contribution in [2.75, 3.05) is 14.1 Å². The molecule has 0 bridgehead atoms. The van der Waals surface area contributed by atoms with Gasteiger partial charge < -0.3 is 10.2 Å². The molecule has 2 N–H and O–H groups in total. The number of hydroxylamine groups is 1. The van der Waals surface area contributed by atoms with Crippen LogP contribution in [-0.4, -0.2) is 26.5 Å². The van der Waals surface area contributed by atoms with Crippen molar-refractivity contribution in [3.63, 3.8) is 0 Å². The van der Waals surface area contributed by atoms with E-state index < -0.39 is 6.09 Å². The third-order valence-electron chi connectivity index (χ3n) is 0.538. The second kappa shape index (κ2) is 4.89. The van der Waals surface area contributed by atoms with E-state index >= 15 is 0 Å². The highest BCUT2D eigenvalue weighted by molar-refractivity contribution is 5.68. The summed E-state index contributed by atoms with van der Waals surface area (Å²) >= 11 is 0. The number of nitrogens with zero attached hydrogens (tertiary/aromatic N) is 1. The average Bonchev–Trinajstić information content (AvgIpc) is 1.89. The highest BCUT2D eigenvalue weighted by Gasteiger charge is 1.91. The Kier molecular flexibility index (Phi) is 4.20. The molecule has 0 radical (unpaired) electrons. The lowest BCUT2D eigenvalue weighted by Gasteiger charge is -1.97. The van der Waals surface area contributed by atoms with Crippen LogP contribution in [0.2, 0.25) is 0 Å². The van der Waals surface area contributed by atoms with Crippen molar-refractivity contribution >= 4 is 12.4 Å². The zero-order chi connectivity index (χ0) is 7.11. The monoisotopic (exact) mass is 131 g/mol. The normalized spacial score (nSPS) is 9.11. The summed E-state index contributed by atoms with van der Waals surface area (Å²) in [5, 5.41) is 2.24. The molecule has 0 rings (SSSR count). The summed E-state index contributed by atoms with van der Waals surface area (Å²) in [5.41, 5.74) is 2.18. The van der Waals surface area contributed by atoms with E-state index in [1.54, 1.807) is 7.05 Å². The fraction of sp³-hybridized carbons (Fsp3) is 0.500. The van der Waals surface area contributed by atoms with Crippen molar-refractivity contribution in [3.8, 4) is 0 Å². The van der Waals surface area contributed by atoms with Crippen molar-refractivity contribution in [3.05, 3.63) is 0 Å². The molecule has 0 saturated carbocycles. The van der Waals surface area contributed by atoms with Crippen LogP contribution in [-0.2, 0) is 4.84 Å². The number of carbonyl (C=O) groups excluding carboxylic acids is 1. The van der Waals surface area contributed by atoms with Crippen molar-refractivity contribution in [1.29, 1.82) is 0 Å². The summed E-state index contributed by atoms with van der Waals surface area (Å²) in [4.78, 5) is 18.0. The minimum atomic E-state index is -0.546. The Hall–Kier alpha value is -1.26. The summed E-state index contributed by atoms with van der Waals surface area (Å²) < 4.78 is 0. The van der Waals surface area contributed by atoms with Gasteiger partial charge in [0.25, 0.3) is 0 Å². The van der Waals surface area contributed by atoms with E-state index in [9.17, 15) is 4.79 Å². The number of carbonyl (C=O) groups is 1. The molecule has 0 heterocycles. The molecule has 0 fully saturated rings. The first-order valence-electron chi connectivity index (χ1n) is 2.36. The lowest BCUT2D eigenvalue weighted by molar-refractivity contribution is 0.124. The second-order valence-corrected chi connectivity index (χ2v) is 1.14. The molecule has 0 saturated heterocycles. The quantitative estimate of drug-likeness (QED) is 0.302. The number of hydrogen-bond donors (Lipinski definition) is 2. The molecule has 0 aromatic rings. The minimum absolute atomic E-state index is 0.546. The zero-order valence-electron chi connectivity index (χ0n) is 5.34. The van der Waals surface area contributed by atoms with Gasteiger partial charge >= 0.3 is 6.09 Å². The van der Waals surface area contributed by atoms with Gasteiger partial charge in [-0.25, -0.2) is 10.3 Å². The maximum absolute atomic E-state index is 10.2. The van der Waals surface area contributed by atoms with Crippen molar-refractivity contribution in [1.82, 2.24) is 10.8 Å². The van der Waals surface area contributed by atoms with Crippen LogP contribution >= 0.6 is 0 Å². The predicted octanol–water partition coefficient (Wildman–Crippen LogP) is -0.495. The van der Waals surface area contributed by atoms with Gasteiger partial charge in [-0.1, -0.05) is 0 Å².